The van der Waals surface area contributed by atoms with Crippen LogP contribution in [0.3, 0.4) is 0 Å². The number of hydrogen-bond acceptors (Lipinski definition) is 6. The average Bonchev–Trinajstić information content (AvgIpc) is 3.30. The first-order valence-electron chi connectivity index (χ1n) is 11.2. The summed E-state index contributed by atoms with van der Waals surface area (Å²) in [5.41, 5.74) is 4.71. The van der Waals surface area contributed by atoms with Gasteiger partial charge < -0.3 is 9.80 Å². The normalized spacial score (nSPS) is 14.1. The average molecular weight is 451 g/mol. The number of carbonyl (C=O) groups excluding carboxylic acids is 1. The van der Waals surface area contributed by atoms with Crippen molar-refractivity contribution in [3.8, 4) is 5.69 Å². The lowest BCUT2D eigenvalue weighted by Gasteiger charge is -2.36. The van der Waals surface area contributed by atoms with Gasteiger partial charge in [-0.25, -0.2) is 0 Å². The molecule has 8 heteroatoms. The van der Waals surface area contributed by atoms with Crippen molar-refractivity contribution in [2.45, 2.75) is 38.3 Å². The van der Waals surface area contributed by atoms with Gasteiger partial charge in [-0.05, 0) is 65.6 Å². The fourth-order valence-corrected chi connectivity index (χ4v) is 4.67. The van der Waals surface area contributed by atoms with Gasteiger partial charge in [-0.1, -0.05) is 49.4 Å². The summed E-state index contributed by atoms with van der Waals surface area (Å²) in [5.74, 6) is 0.461. The summed E-state index contributed by atoms with van der Waals surface area (Å²) in [4.78, 5) is 17.1. The van der Waals surface area contributed by atoms with Gasteiger partial charge in [0.25, 0.3) is 0 Å². The molecule has 0 bridgehead atoms. The Bertz CT molecular complexity index is 1030. The summed E-state index contributed by atoms with van der Waals surface area (Å²) >= 11 is 1.39. The first-order chi connectivity index (χ1) is 15.6. The Morgan fingerprint density at radius 2 is 1.81 bits per heavy atom. The summed E-state index contributed by atoms with van der Waals surface area (Å²) < 4.78 is 1.71. The highest BCUT2D eigenvalue weighted by molar-refractivity contribution is 7.99. The van der Waals surface area contributed by atoms with Gasteiger partial charge in [-0.3, -0.25) is 4.79 Å². The molecule has 168 valence electrons. The maximum atomic E-state index is 12.8. The molecule has 0 saturated carbocycles. The minimum absolute atomic E-state index is 0.128. The first-order valence-corrected chi connectivity index (χ1v) is 12.2. The van der Waals surface area contributed by atoms with Crippen LogP contribution in [0.2, 0.25) is 0 Å². The van der Waals surface area contributed by atoms with Gasteiger partial charge in [0.1, 0.15) is 0 Å². The molecule has 2 aromatic carbocycles. The number of amides is 1. The van der Waals surface area contributed by atoms with Crippen LogP contribution >= 0.6 is 11.8 Å². The Labute approximate surface area is 193 Å². The van der Waals surface area contributed by atoms with E-state index in [4.69, 9.17) is 0 Å². The molecule has 1 aromatic heterocycles. The minimum Gasteiger partial charge on any atom is -0.368 e. The number of benzene rings is 2. The molecule has 0 spiro atoms. The van der Waals surface area contributed by atoms with Crippen molar-refractivity contribution >= 4 is 23.4 Å². The van der Waals surface area contributed by atoms with Gasteiger partial charge in [0, 0.05) is 31.9 Å². The molecule has 0 aliphatic carbocycles. The minimum atomic E-state index is 0.128. The molecular formula is C24H30N6OS. The highest BCUT2D eigenvalue weighted by Gasteiger charge is 2.22. The van der Waals surface area contributed by atoms with Crippen molar-refractivity contribution in [2.75, 3.05) is 36.8 Å². The van der Waals surface area contributed by atoms with Crippen LogP contribution in [0.4, 0.5) is 5.69 Å². The zero-order valence-electron chi connectivity index (χ0n) is 18.8. The van der Waals surface area contributed by atoms with E-state index in [0.717, 1.165) is 38.3 Å². The lowest BCUT2D eigenvalue weighted by Crippen LogP contribution is -2.49. The molecule has 2 heterocycles. The number of rotatable bonds is 8. The number of nitrogens with zero attached hydrogens (tertiary/aromatic N) is 6. The molecule has 3 aromatic rings. The zero-order chi connectivity index (χ0) is 22.3. The Kier molecular flexibility index (Phi) is 7.42. The second-order valence-corrected chi connectivity index (χ2v) is 9.08. The molecule has 1 saturated heterocycles. The number of aryl methyl sites for hydroxylation is 2. The highest BCUT2D eigenvalue weighted by Crippen LogP contribution is 2.21. The molecule has 0 atom stereocenters. The van der Waals surface area contributed by atoms with E-state index in [-0.39, 0.29) is 5.91 Å². The van der Waals surface area contributed by atoms with Crippen molar-refractivity contribution in [2.24, 2.45) is 0 Å². The number of anilines is 1. The van der Waals surface area contributed by atoms with Gasteiger partial charge in [0.2, 0.25) is 11.1 Å². The molecule has 0 unspecified atom stereocenters. The summed E-state index contributed by atoms with van der Waals surface area (Å²) in [6.45, 7) is 7.47. The van der Waals surface area contributed by atoms with Gasteiger partial charge in [0.15, 0.2) is 0 Å². The summed E-state index contributed by atoms with van der Waals surface area (Å²) in [7, 11) is 0. The topological polar surface area (TPSA) is 67.2 Å². The maximum absolute atomic E-state index is 12.8. The number of carbonyl (C=O) groups is 1. The van der Waals surface area contributed by atoms with Crippen LogP contribution in [0.1, 0.15) is 30.9 Å². The first kappa shape index (κ1) is 22.3. The van der Waals surface area contributed by atoms with Gasteiger partial charge in [-0.15, -0.1) is 5.10 Å². The zero-order valence-corrected chi connectivity index (χ0v) is 19.6. The summed E-state index contributed by atoms with van der Waals surface area (Å²) in [6.07, 6.45) is 3.46. The van der Waals surface area contributed by atoms with E-state index in [9.17, 15) is 4.79 Å². The highest BCUT2D eigenvalue weighted by atomic mass is 32.2. The Morgan fingerprint density at radius 3 is 2.53 bits per heavy atom. The second kappa shape index (κ2) is 10.6. The standard InChI is InChI=1S/C24H30N6OS/c1-3-4-7-20-9-11-21(12-10-20)30-24(25-26-27-30)32-18-23(31)29-15-13-28(14-16-29)22-8-5-6-19(2)17-22/h5-6,8-12,17H,3-4,7,13-16,18H2,1-2H3. The third kappa shape index (κ3) is 5.48. The van der Waals surface area contributed by atoms with Crippen molar-refractivity contribution in [3.05, 3.63) is 59.7 Å². The van der Waals surface area contributed by atoms with Crippen LogP contribution in [0.25, 0.3) is 5.69 Å². The largest absolute Gasteiger partial charge is 0.368 e. The van der Waals surface area contributed by atoms with Gasteiger partial charge >= 0.3 is 0 Å². The fraction of sp³-hybridized carbons (Fsp3) is 0.417. The Balaban J connectivity index is 1.30. The number of thioether (sulfide) groups is 1. The molecule has 7 nitrogen and oxygen atoms in total. The Morgan fingerprint density at radius 1 is 1.03 bits per heavy atom. The summed E-state index contributed by atoms with van der Waals surface area (Å²) in [6, 6.07) is 16.9. The predicted molar refractivity (Wildman–Crippen MR) is 128 cm³/mol. The Hall–Kier alpha value is -2.87. The molecule has 1 amide bonds. The van der Waals surface area contributed by atoms with E-state index in [1.807, 2.05) is 17.0 Å². The van der Waals surface area contributed by atoms with Gasteiger partial charge in [0.05, 0.1) is 11.4 Å². The van der Waals surface area contributed by atoms with Crippen LogP contribution in [0, 0.1) is 6.92 Å². The van der Waals surface area contributed by atoms with E-state index >= 15 is 0 Å². The van der Waals surface area contributed by atoms with Crippen molar-refractivity contribution in [1.29, 1.82) is 0 Å². The lowest BCUT2D eigenvalue weighted by molar-refractivity contribution is -0.128. The van der Waals surface area contributed by atoms with Crippen LogP contribution in [-0.2, 0) is 11.2 Å². The monoisotopic (exact) mass is 450 g/mol. The van der Waals surface area contributed by atoms with Crippen LogP contribution in [0.15, 0.2) is 53.7 Å². The van der Waals surface area contributed by atoms with E-state index in [1.165, 1.54) is 41.4 Å². The predicted octanol–water partition coefficient (Wildman–Crippen LogP) is 3.75. The molecule has 4 rings (SSSR count). The molecule has 0 N–H and O–H groups in total. The van der Waals surface area contributed by atoms with Crippen LogP contribution < -0.4 is 4.90 Å². The number of hydrogen-bond donors (Lipinski definition) is 0. The molecular weight excluding hydrogens is 420 g/mol. The van der Waals surface area contributed by atoms with E-state index < -0.39 is 0 Å². The molecule has 0 radical (unpaired) electrons. The third-order valence-electron chi connectivity index (χ3n) is 5.76. The number of aromatic nitrogens is 4. The molecule has 32 heavy (non-hydrogen) atoms. The molecule has 1 fully saturated rings. The van der Waals surface area contributed by atoms with E-state index in [2.05, 4.69) is 70.7 Å². The van der Waals surface area contributed by atoms with E-state index in [1.54, 1.807) is 4.68 Å². The second-order valence-electron chi connectivity index (χ2n) is 8.14. The van der Waals surface area contributed by atoms with Crippen LogP contribution in [-0.4, -0.2) is 62.9 Å². The van der Waals surface area contributed by atoms with Crippen molar-refractivity contribution in [1.82, 2.24) is 25.1 Å². The number of tetrazole rings is 1. The third-order valence-corrected chi connectivity index (χ3v) is 6.67. The number of unbranched alkanes of at least 4 members (excludes halogenated alkanes) is 1. The molecule has 1 aliphatic rings. The fourth-order valence-electron chi connectivity index (χ4n) is 3.87. The quantitative estimate of drug-likeness (QED) is 0.487. The van der Waals surface area contributed by atoms with Gasteiger partial charge in [-0.2, -0.15) is 4.68 Å². The maximum Gasteiger partial charge on any atom is 0.233 e. The van der Waals surface area contributed by atoms with Crippen molar-refractivity contribution in [3.63, 3.8) is 0 Å². The lowest BCUT2D eigenvalue weighted by atomic mass is 10.1. The van der Waals surface area contributed by atoms with Crippen molar-refractivity contribution < 1.29 is 4.79 Å². The van der Waals surface area contributed by atoms with Crippen LogP contribution in [0.5, 0.6) is 0 Å². The molecule has 1 aliphatic heterocycles. The SMILES string of the molecule is CCCCc1ccc(-n2nnnc2SCC(=O)N2CCN(c3cccc(C)c3)CC2)cc1. The number of piperazine rings is 1. The smallest absolute Gasteiger partial charge is 0.233 e. The van der Waals surface area contributed by atoms with E-state index in [0.29, 0.717) is 10.9 Å². The summed E-state index contributed by atoms with van der Waals surface area (Å²) in [5, 5.41) is 12.7.